The molecule has 1 atom stereocenters. The molecular weight excluding hydrogens is 361 g/mol. The molecule has 0 radical (unpaired) electrons. The summed E-state index contributed by atoms with van der Waals surface area (Å²) in [5.74, 6) is 0. The second-order valence-electron chi connectivity index (χ2n) is 4.42. The second-order valence-corrected chi connectivity index (χ2v) is 6.17. The summed E-state index contributed by atoms with van der Waals surface area (Å²) < 4.78 is 52.2. The Hall–Kier alpha value is -1.86. The van der Waals surface area contributed by atoms with E-state index < -0.39 is 27.7 Å². The predicted octanol–water partition coefficient (Wildman–Crippen LogP) is 5.31. The van der Waals surface area contributed by atoms with E-state index in [1.165, 1.54) is 16.2 Å². The van der Waals surface area contributed by atoms with Gasteiger partial charge in [0.15, 0.2) is 16.6 Å². The highest BCUT2D eigenvalue weighted by Gasteiger charge is 2.35. The average Bonchev–Trinajstić information content (AvgIpc) is 3.01. The van der Waals surface area contributed by atoms with Gasteiger partial charge in [0.2, 0.25) is 0 Å². The van der Waals surface area contributed by atoms with Crippen LogP contribution in [0.5, 0.6) is 0 Å². The van der Waals surface area contributed by atoms with Crippen LogP contribution >= 0.6 is 11.6 Å². The number of benzene rings is 1. The number of nitrogens with zero attached hydrogens (tertiary/aromatic N) is 2. The molecule has 0 aliphatic rings. The van der Waals surface area contributed by atoms with Crippen molar-refractivity contribution in [3.63, 3.8) is 0 Å². The summed E-state index contributed by atoms with van der Waals surface area (Å²) in [5, 5.41) is -0.331. The van der Waals surface area contributed by atoms with Crippen molar-refractivity contribution in [3.05, 3.63) is 59.4 Å². The molecule has 3 nitrogen and oxygen atoms in total. The molecule has 1 aromatic carbocycles. The Bertz CT molecular complexity index is 863. The summed E-state index contributed by atoms with van der Waals surface area (Å²) in [4.78, 5) is 4.29. The number of alkyl halides is 3. The summed E-state index contributed by atoms with van der Waals surface area (Å²) in [7, 11) is -1.61. The third kappa shape index (κ3) is 3.47. The van der Waals surface area contributed by atoms with Gasteiger partial charge in [-0.1, -0.05) is 43.6 Å². The molecule has 0 saturated heterocycles. The van der Waals surface area contributed by atoms with Gasteiger partial charge in [0.25, 0.3) is 0 Å². The van der Waals surface area contributed by atoms with Crippen LogP contribution < -0.4 is 0 Å². The lowest BCUT2D eigenvalue weighted by atomic mass is 10.2. The van der Waals surface area contributed by atoms with Gasteiger partial charge in [-0.3, -0.25) is 0 Å². The third-order valence-electron chi connectivity index (χ3n) is 3.04. The fraction of sp³-hybridized carbons (Fsp3) is 0.188. The molecule has 24 heavy (non-hydrogen) atoms. The van der Waals surface area contributed by atoms with Crippen molar-refractivity contribution >= 4 is 33.6 Å². The van der Waals surface area contributed by atoms with Gasteiger partial charge in [0.05, 0.1) is 15.5 Å². The highest BCUT2D eigenvalue weighted by atomic mass is 35.5. The minimum Gasteiger partial charge on any atom is -0.246 e. The largest absolute Gasteiger partial charge is 0.419 e. The molecule has 0 amide bonds. The van der Waals surface area contributed by atoms with Gasteiger partial charge >= 0.3 is 6.18 Å². The molecule has 0 N–H and O–H groups in total. The number of fused-ring (bicyclic) bond motifs is 1. The van der Waals surface area contributed by atoms with Crippen molar-refractivity contribution in [3.8, 4) is 0 Å². The minimum atomic E-state index is -4.58. The molecule has 0 spiro atoms. The summed E-state index contributed by atoms with van der Waals surface area (Å²) >= 11 is 5.82. The molecule has 0 fully saturated rings. The Morgan fingerprint density at radius 2 is 1.75 bits per heavy atom. The molecule has 0 aliphatic carbocycles. The smallest absolute Gasteiger partial charge is 0.246 e. The lowest BCUT2D eigenvalue weighted by Gasteiger charge is -2.09. The van der Waals surface area contributed by atoms with Crippen molar-refractivity contribution in [2.75, 3.05) is 0 Å². The van der Waals surface area contributed by atoms with E-state index in [1.807, 2.05) is 13.8 Å². The van der Waals surface area contributed by atoms with Crippen LogP contribution in [0.25, 0.3) is 11.0 Å². The molecular formula is C16H14ClF3N2OS. The number of hydrogen-bond donors (Lipinski definition) is 0. The Labute approximate surface area is 144 Å². The number of pyridine rings is 1. The van der Waals surface area contributed by atoms with E-state index in [9.17, 15) is 17.4 Å². The predicted molar refractivity (Wildman–Crippen MR) is 89.3 cm³/mol. The fourth-order valence-electron chi connectivity index (χ4n) is 2.01. The first-order valence-corrected chi connectivity index (χ1v) is 8.58. The summed E-state index contributed by atoms with van der Waals surface area (Å²) in [6.45, 7) is 4.00. The average molecular weight is 375 g/mol. The Morgan fingerprint density at radius 3 is 2.33 bits per heavy atom. The number of rotatable bonds is 2. The van der Waals surface area contributed by atoms with Gasteiger partial charge in [-0.15, -0.1) is 0 Å². The summed E-state index contributed by atoms with van der Waals surface area (Å²) in [6, 6.07) is 9.92. The van der Waals surface area contributed by atoms with E-state index in [4.69, 9.17) is 11.6 Å². The maximum Gasteiger partial charge on any atom is 0.419 e. The molecule has 0 bridgehead atoms. The lowest BCUT2D eigenvalue weighted by molar-refractivity contribution is -0.137. The Balaban J connectivity index is 0.00000100. The summed E-state index contributed by atoms with van der Waals surface area (Å²) in [5.41, 5.74) is -0.870. The third-order valence-corrected chi connectivity index (χ3v) is 4.78. The van der Waals surface area contributed by atoms with Crippen molar-refractivity contribution in [2.45, 2.75) is 24.9 Å². The molecule has 0 aliphatic heterocycles. The zero-order valence-electron chi connectivity index (χ0n) is 12.8. The Morgan fingerprint density at radius 1 is 1.12 bits per heavy atom. The molecule has 2 aromatic heterocycles. The van der Waals surface area contributed by atoms with Crippen LogP contribution in [0.2, 0.25) is 5.02 Å². The van der Waals surface area contributed by atoms with E-state index in [2.05, 4.69) is 4.98 Å². The van der Waals surface area contributed by atoms with Crippen molar-refractivity contribution < 1.29 is 17.4 Å². The van der Waals surface area contributed by atoms with Crippen LogP contribution in [0.3, 0.4) is 0 Å². The molecule has 2 heterocycles. The fourth-order valence-corrected chi connectivity index (χ4v) is 3.41. The SMILES string of the molecule is CC.O=S(c1ccccc1)n1ccc2c(Cl)c(C(F)(F)F)cnc21. The van der Waals surface area contributed by atoms with E-state index in [1.54, 1.807) is 30.3 Å². The second kappa shape index (κ2) is 7.36. The van der Waals surface area contributed by atoms with Crippen molar-refractivity contribution in [2.24, 2.45) is 0 Å². The van der Waals surface area contributed by atoms with Crippen molar-refractivity contribution in [1.82, 2.24) is 8.96 Å². The molecule has 1 unspecified atom stereocenters. The minimum absolute atomic E-state index is 0.112. The first-order valence-electron chi connectivity index (χ1n) is 7.09. The first kappa shape index (κ1) is 18.5. The highest BCUT2D eigenvalue weighted by Crippen LogP contribution is 2.38. The van der Waals surface area contributed by atoms with E-state index in [0.717, 1.165) is 0 Å². The molecule has 3 aromatic rings. The monoisotopic (exact) mass is 374 g/mol. The topological polar surface area (TPSA) is 34.9 Å². The van der Waals surface area contributed by atoms with Crippen LogP contribution in [0.1, 0.15) is 19.4 Å². The summed E-state index contributed by atoms with van der Waals surface area (Å²) in [6.07, 6.45) is -2.52. The maximum absolute atomic E-state index is 12.8. The van der Waals surface area contributed by atoms with Gasteiger partial charge < -0.3 is 0 Å². The highest BCUT2D eigenvalue weighted by molar-refractivity contribution is 7.83. The van der Waals surface area contributed by atoms with E-state index in [-0.39, 0.29) is 11.0 Å². The van der Waals surface area contributed by atoms with Crippen molar-refractivity contribution in [1.29, 1.82) is 0 Å². The van der Waals surface area contributed by atoms with Crippen LogP contribution in [-0.4, -0.2) is 13.2 Å². The zero-order chi connectivity index (χ0) is 17.9. The molecule has 128 valence electrons. The van der Waals surface area contributed by atoms with Gasteiger partial charge in [0, 0.05) is 17.8 Å². The first-order chi connectivity index (χ1) is 11.4. The van der Waals surface area contributed by atoms with Crippen LogP contribution in [-0.2, 0) is 17.2 Å². The van der Waals surface area contributed by atoms with Gasteiger partial charge in [-0.2, -0.15) is 13.2 Å². The number of hydrogen-bond acceptors (Lipinski definition) is 2. The molecule has 3 rings (SSSR count). The Kier molecular flexibility index (Phi) is 5.66. The standard InChI is InChI=1S/C14H8ClF3N2OS.C2H6/c15-12-10-6-7-20(22(21)9-4-2-1-3-5-9)13(10)19-8-11(12)14(16,17)18;1-2/h1-8H;1-2H3. The van der Waals surface area contributed by atoms with Gasteiger partial charge in [-0.25, -0.2) is 13.2 Å². The van der Waals surface area contributed by atoms with Crippen LogP contribution in [0.15, 0.2) is 53.7 Å². The normalized spacial score (nSPS) is 12.6. The lowest BCUT2D eigenvalue weighted by Crippen LogP contribution is -2.08. The molecule has 0 saturated carbocycles. The molecule has 8 heteroatoms. The van der Waals surface area contributed by atoms with Gasteiger partial charge in [0.1, 0.15) is 0 Å². The van der Waals surface area contributed by atoms with Crippen LogP contribution in [0, 0.1) is 0 Å². The quantitative estimate of drug-likeness (QED) is 0.609. The van der Waals surface area contributed by atoms with E-state index in [0.29, 0.717) is 11.1 Å². The van der Waals surface area contributed by atoms with E-state index >= 15 is 0 Å². The van der Waals surface area contributed by atoms with Gasteiger partial charge in [-0.05, 0) is 18.2 Å². The number of halogens is 4. The zero-order valence-corrected chi connectivity index (χ0v) is 14.4. The maximum atomic E-state index is 12.8. The van der Waals surface area contributed by atoms with Crippen LogP contribution in [0.4, 0.5) is 13.2 Å². The number of aromatic nitrogens is 2.